The number of hydrogen-bond donors (Lipinski definition) is 1. The predicted molar refractivity (Wildman–Crippen MR) is 158 cm³/mol. The number of hydrogen-bond acceptors (Lipinski definition) is 7. The first-order chi connectivity index (χ1) is 18.8. The van der Waals surface area contributed by atoms with Crippen LogP contribution < -0.4 is 10.9 Å². The van der Waals surface area contributed by atoms with Gasteiger partial charge in [0, 0.05) is 48.9 Å². The molecule has 0 unspecified atom stereocenters. The maximum absolute atomic E-state index is 6.04. The van der Waals surface area contributed by atoms with Gasteiger partial charge in [-0.25, -0.2) is 0 Å². The third-order valence-electron chi connectivity index (χ3n) is 8.24. The van der Waals surface area contributed by atoms with Gasteiger partial charge in [0.1, 0.15) is 0 Å². The monoisotopic (exact) mass is 550 g/mol. The van der Waals surface area contributed by atoms with E-state index in [0.29, 0.717) is 0 Å². The Morgan fingerprint density at radius 2 is 1.27 bits per heavy atom. The van der Waals surface area contributed by atoms with Crippen LogP contribution in [0.2, 0.25) is 0 Å². The average Bonchev–Trinajstić information content (AvgIpc) is 3.70. The highest BCUT2D eigenvalue weighted by molar-refractivity contribution is 6.62. The number of H-pyrrole nitrogens is 1. The maximum Gasteiger partial charge on any atom is 0.498 e. The van der Waals surface area contributed by atoms with Crippen molar-refractivity contribution >= 4 is 25.2 Å². The zero-order valence-electron chi connectivity index (χ0n) is 25.3. The molecule has 3 saturated heterocycles. The number of nitrogens with one attached hydrogen (secondary N) is 1. The van der Waals surface area contributed by atoms with E-state index in [0.717, 1.165) is 30.7 Å². The summed E-state index contributed by atoms with van der Waals surface area (Å²) in [6, 6.07) is 10.3. The van der Waals surface area contributed by atoms with Crippen molar-refractivity contribution in [1.29, 1.82) is 0 Å². The van der Waals surface area contributed by atoms with Crippen LogP contribution in [-0.2, 0) is 29.9 Å². The lowest BCUT2D eigenvalue weighted by Crippen LogP contribution is -2.41. The first-order valence-electron chi connectivity index (χ1n) is 14.1. The number of rotatable bonds is 4. The van der Waals surface area contributed by atoms with Crippen LogP contribution in [0.15, 0.2) is 55.1 Å². The summed E-state index contributed by atoms with van der Waals surface area (Å²) in [5.74, 6) is 0. The molecule has 0 spiro atoms. The lowest BCUT2D eigenvalue weighted by Gasteiger charge is -2.32. The molecule has 0 atom stereocenters. The van der Waals surface area contributed by atoms with Gasteiger partial charge in [-0.05, 0) is 73.8 Å². The highest BCUT2D eigenvalue weighted by atomic mass is 16.7. The Bertz CT molecular complexity index is 1150. The number of ether oxygens (including phenoxy) is 1. The molecule has 1 N–H and O–H groups in total. The Hall–Kier alpha value is -2.43. The zero-order valence-corrected chi connectivity index (χ0v) is 25.3. The number of aromatic nitrogens is 4. The summed E-state index contributed by atoms with van der Waals surface area (Å²) in [5.41, 5.74) is 1.91. The molecule has 0 aliphatic carbocycles. The molecule has 3 aromatic rings. The van der Waals surface area contributed by atoms with E-state index in [1.165, 1.54) is 18.4 Å². The molecule has 2 aromatic heterocycles. The van der Waals surface area contributed by atoms with Crippen molar-refractivity contribution in [3.05, 3.63) is 60.7 Å². The maximum atomic E-state index is 6.04. The van der Waals surface area contributed by atoms with E-state index >= 15 is 0 Å². The van der Waals surface area contributed by atoms with Crippen molar-refractivity contribution in [1.82, 2.24) is 20.0 Å². The molecule has 1 aromatic carbocycles. The van der Waals surface area contributed by atoms with Gasteiger partial charge in [-0.2, -0.15) is 10.2 Å². The molecule has 40 heavy (non-hydrogen) atoms. The second kappa shape index (κ2) is 12.2. The third kappa shape index (κ3) is 7.25. The van der Waals surface area contributed by atoms with Gasteiger partial charge >= 0.3 is 14.2 Å². The topological polar surface area (TPSA) is 92.7 Å². The quantitative estimate of drug-likeness (QED) is 0.495. The van der Waals surface area contributed by atoms with Gasteiger partial charge in [0.05, 0.1) is 28.9 Å². The first kappa shape index (κ1) is 30.5. The highest BCUT2D eigenvalue weighted by Crippen LogP contribution is 2.37. The van der Waals surface area contributed by atoms with E-state index in [-0.39, 0.29) is 36.6 Å². The van der Waals surface area contributed by atoms with E-state index in [1.807, 2.05) is 63.0 Å². The van der Waals surface area contributed by atoms with Gasteiger partial charge in [0.25, 0.3) is 0 Å². The van der Waals surface area contributed by atoms with Crippen molar-refractivity contribution in [2.75, 3.05) is 13.2 Å². The molecular formula is C29H44B2N4O5. The lowest BCUT2D eigenvalue weighted by molar-refractivity contribution is 0.00578. The van der Waals surface area contributed by atoms with Crippen LogP contribution in [0.3, 0.4) is 0 Å². The van der Waals surface area contributed by atoms with Gasteiger partial charge < -0.3 is 23.4 Å². The standard InChI is InChI=1S/C16H21BN2O2.C9H15BN2O2.C4H8O/c1-15(2)16(3,4)21-17(20-15)14-10-18-19(12-14)11-13-8-6-5-7-9-13;1-8(2)9(3,4)14-10(13-8)7-5-11-12-6-7;1-2-4-5-3-1/h5-10,12H,11H2,1-4H3;5-6H,1-4H3,(H,11,12);1-4H2. The molecule has 0 saturated carbocycles. The van der Waals surface area contributed by atoms with Gasteiger partial charge in [0.15, 0.2) is 0 Å². The molecular weight excluding hydrogens is 506 g/mol. The largest absolute Gasteiger partial charge is 0.498 e. The van der Waals surface area contributed by atoms with E-state index in [9.17, 15) is 0 Å². The van der Waals surface area contributed by atoms with Crippen LogP contribution in [0, 0.1) is 0 Å². The molecule has 3 fully saturated rings. The second-order valence-electron chi connectivity index (χ2n) is 12.5. The van der Waals surface area contributed by atoms with E-state index in [4.69, 9.17) is 23.4 Å². The molecule has 216 valence electrons. The third-order valence-corrected chi connectivity index (χ3v) is 8.24. The summed E-state index contributed by atoms with van der Waals surface area (Å²) in [4.78, 5) is 0. The minimum atomic E-state index is -0.348. The Morgan fingerprint density at radius 3 is 1.73 bits per heavy atom. The van der Waals surface area contributed by atoms with Gasteiger partial charge in [-0.3, -0.25) is 9.78 Å². The molecule has 0 radical (unpaired) electrons. The molecule has 5 heterocycles. The van der Waals surface area contributed by atoms with Crippen LogP contribution in [-0.4, -0.2) is 69.8 Å². The summed E-state index contributed by atoms with van der Waals surface area (Å²) in [5, 5.41) is 11.0. The SMILES string of the molecule is C1CCOC1.CC1(C)OB(c2cn[nH]c2)OC1(C)C.CC1(C)OB(c2cnn(Cc3ccccc3)c2)OC1(C)C. The van der Waals surface area contributed by atoms with Crippen molar-refractivity contribution in [2.45, 2.75) is 97.2 Å². The van der Waals surface area contributed by atoms with Crippen molar-refractivity contribution in [3.63, 3.8) is 0 Å². The molecule has 0 amide bonds. The summed E-state index contributed by atoms with van der Waals surface area (Å²) < 4.78 is 30.6. The summed E-state index contributed by atoms with van der Waals surface area (Å²) in [6.07, 6.45) is 9.89. The Labute approximate surface area is 239 Å². The number of aromatic amines is 1. The summed E-state index contributed by atoms with van der Waals surface area (Å²) in [7, 11) is -0.654. The van der Waals surface area contributed by atoms with Crippen LogP contribution in [0.4, 0.5) is 0 Å². The Morgan fingerprint density at radius 1 is 0.750 bits per heavy atom. The van der Waals surface area contributed by atoms with Crippen molar-refractivity contribution < 1.29 is 23.4 Å². The minimum Gasteiger partial charge on any atom is -0.399 e. The fourth-order valence-corrected chi connectivity index (χ4v) is 4.22. The summed E-state index contributed by atoms with van der Waals surface area (Å²) in [6.45, 7) is 19.1. The number of nitrogens with zero attached hydrogens (tertiary/aromatic N) is 3. The normalized spacial score (nSPS) is 21.9. The average molecular weight is 550 g/mol. The molecule has 3 aliphatic heterocycles. The lowest BCUT2D eigenvalue weighted by atomic mass is 9.82. The molecule has 3 aliphatic rings. The molecule has 9 nitrogen and oxygen atoms in total. The molecule has 6 rings (SSSR count). The van der Waals surface area contributed by atoms with Crippen LogP contribution >= 0.6 is 0 Å². The molecule has 0 bridgehead atoms. The fraction of sp³-hybridized carbons (Fsp3) is 0.586. The smallest absolute Gasteiger partial charge is 0.399 e. The van der Waals surface area contributed by atoms with Crippen LogP contribution in [0.1, 0.15) is 73.8 Å². The van der Waals surface area contributed by atoms with Crippen LogP contribution in [0.5, 0.6) is 0 Å². The zero-order chi connectivity index (χ0) is 29.0. The molecule has 11 heteroatoms. The van der Waals surface area contributed by atoms with Crippen molar-refractivity contribution in [3.8, 4) is 0 Å². The fourth-order valence-electron chi connectivity index (χ4n) is 4.22. The van der Waals surface area contributed by atoms with Gasteiger partial charge in [-0.15, -0.1) is 0 Å². The van der Waals surface area contributed by atoms with Gasteiger partial charge in [0.2, 0.25) is 0 Å². The first-order valence-corrected chi connectivity index (χ1v) is 14.1. The van der Waals surface area contributed by atoms with E-state index in [2.05, 4.69) is 55.1 Å². The van der Waals surface area contributed by atoms with E-state index < -0.39 is 0 Å². The second-order valence-corrected chi connectivity index (χ2v) is 12.5. The van der Waals surface area contributed by atoms with Crippen molar-refractivity contribution in [2.24, 2.45) is 0 Å². The minimum absolute atomic E-state index is 0.283. The van der Waals surface area contributed by atoms with E-state index in [1.54, 1.807) is 12.4 Å². The highest BCUT2D eigenvalue weighted by Gasteiger charge is 2.53. The summed E-state index contributed by atoms with van der Waals surface area (Å²) >= 11 is 0. The Balaban J connectivity index is 0.000000166. The van der Waals surface area contributed by atoms with Crippen LogP contribution in [0.25, 0.3) is 0 Å². The Kier molecular flexibility index (Phi) is 9.31. The van der Waals surface area contributed by atoms with Gasteiger partial charge in [-0.1, -0.05) is 30.3 Å². The predicted octanol–water partition coefficient (Wildman–Crippen LogP) is 3.74. The number of benzene rings is 1.